The van der Waals surface area contributed by atoms with E-state index < -0.39 is 17.5 Å². The molecule has 0 saturated carbocycles. The number of rotatable bonds is 5. The molecule has 0 aliphatic rings. The Kier molecular flexibility index (Phi) is 5.43. The summed E-state index contributed by atoms with van der Waals surface area (Å²) in [6.45, 7) is 4.91. The van der Waals surface area contributed by atoms with Crippen molar-refractivity contribution < 1.29 is 19.5 Å². The number of hydrogen-bond acceptors (Lipinski definition) is 3. The van der Waals surface area contributed by atoms with Crippen LogP contribution in [0.4, 0.5) is 4.79 Å². The summed E-state index contributed by atoms with van der Waals surface area (Å²) in [5, 5.41) is 13.3. The first-order valence-electron chi connectivity index (χ1n) is 5.24. The first kappa shape index (κ1) is 15.2. The van der Waals surface area contributed by atoms with Gasteiger partial charge >= 0.3 is 12.0 Å². The largest absolute Gasteiger partial charge is 0.480 e. The predicted molar refractivity (Wildman–Crippen MR) is 61.6 cm³/mol. The van der Waals surface area contributed by atoms with Crippen LogP contribution in [-0.2, 0) is 9.59 Å². The Morgan fingerprint density at radius 2 is 1.82 bits per heavy atom. The first-order chi connectivity index (χ1) is 7.70. The van der Waals surface area contributed by atoms with Gasteiger partial charge in [-0.2, -0.15) is 0 Å². The lowest BCUT2D eigenvalue weighted by molar-refractivity contribution is -0.142. The van der Waals surface area contributed by atoms with Crippen LogP contribution in [0.5, 0.6) is 0 Å². The molecular formula is C10H19N3O4. The molecule has 0 aromatic rings. The van der Waals surface area contributed by atoms with Crippen LogP contribution in [0.25, 0.3) is 0 Å². The second kappa shape index (κ2) is 6.07. The topological polar surface area (TPSA) is 98.7 Å². The predicted octanol–water partition coefficient (Wildman–Crippen LogP) is -0.373. The number of carbonyl (C=O) groups excluding carboxylic acids is 2. The fourth-order valence-electron chi connectivity index (χ4n) is 0.849. The molecule has 17 heavy (non-hydrogen) atoms. The molecule has 7 heteroatoms. The SMILES string of the molecule is CCN(C)C(=O)CNC(=O)NC(C)(C)C(=O)O. The Balaban J connectivity index is 4.13. The van der Waals surface area contributed by atoms with Gasteiger partial charge in [0.25, 0.3) is 0 Å². The summed E-state index contributed by atoms with van der Waals surface area (Å²) in [5.41, 5.74) is -1.37. The van der Waals surface area contributed by atoms with Crippen LogP contribution in [0.1, 0.15) is 20.8 Å². The van der Waals surface area contributed by atoms with Crippen molar-refractivity contribution in [2.45, 2.75) is 26.3 Å². The van der Waals surface area contributed by atoms with Crippen molar-refractivity contribution in [2.75, 3.05) is 20.1 Å². The Morgan fingerprint density at radius 1 is 1.29 bits per heavy atom. The van der Waals surface area contributed by atoms with Gasteiger partial charge in [0.15, 0.2) is 0 Å². The molecule has 0 spiro atoms. The maximum Gasteiger partial charge on any atom is 0.328 e. The molecule has 3 N–H and O–H groups in total. The zero-order chi connectivity index (χ0) is 13.6. The third kappa shape index (κ3) is 5.19. The van der Waals surface area contributed by atoms with Crippen LogP contribution in [0.15, 0.2) is 0 Å². The number of aliphatic carboxylic acids is 1. The van der Waals surface area contributed by atoms with Crippen molar-refractivity contribution >= 4 is 17.9 Å². The van der Waals surface area contributed by atoms with Crippen molar-refractivity contribution in [3.8, 4) is 0 Å². The third-order valence-corrected chi connectivity index (χ3v) is 2.26. The lowest BCUT2D eigenvalue weighted by atomic mass is 10.1. The molecule has 0 heterocycles. The minimum Gasteiger partial charge on any atom is -0.480 e. The molecule has 0 unspecified atom stereocenters. The van der Waals surface area contributed by atoms with E-state index in [1.165, 1.54) is 18.7 Å². The molecule has 0 aromatic carbocycles. The summed E-state index contributed by atoms with van der Waals surface area (Å²) in [5.74, 6) is -1.39. The third-order valence-electron chi connectivity index (χ3n) is 2.26. The van der Waals surface area contributed by atoms with Crippen LogP contribution in [0.2, 0.25) is 0 Å². The Morgan fingerprint density at radius 3 is 2.24 bits per heavy atom. The highest BCUT2D eigenvalue weighted by Gasteiger charge is 2.28. The number of carbonyl (C=O) groups is 3. The summed E-state index contributed by atoms with van der Waals surface area (Å²) in [6.07, 6.45) is 0. The van der Waals surface area contributed by atoms with E-state index in [4.69, 9.17) is 5.11 Å². The van der Waals surface area contributed by atoms with E-state index in [0.29, 0.717) is 6.54 Å². The monoisotopic (exact) mass is 245 g/mol. The van der Waals surface area contributed by atoms with Crippen molar-refractivity contribution in [1.82, 2.24) is 15.5 Å². The zero-order valence-electron chi connectivity index (χ0n) is 10.5. The Bertz CT molecular complexity index is 315. The maximum atomic E-state index is 11.3. The number of hydrogen-bond donors (Lipinski definition) is 3. The van der Waals surface area contributed by atoms with Gasteiger partial charge in [-0.1, -0.05) is 0 Å². The number of amides is 3. The van der Waals surface area contributed by atoms with Gasteiger partial charge in [-0.25, -0.2) is 9.59 Å². The summed E-state index contributed by atoms with van der Waals surface area (Å²) < 4.78 is 0. The standard InChI is InChI=1S/C10H19N3O4/c1-5-13(4)7(14)6-11-9(17)12-10(2,3)8(15)16/h5-6H2,1-4H3,(H,15,16)(H2,11,12,17). The van der Waals surface area contributed by atoms with Gasteiger partial charge in [0, 0.05) is 13.6 Å². The second-order valence-electron chi connectivity index (χ2n) is 4.15. The summed E-state index contributed by atoms with van der Waals surface area (Å²) in [6, 6.07) is -0.685. The van der Waals surface area contributed by atoms with Gasteiger partial charge in [0.1, 0.15) is 5.54 Å². The number of urea groups is 1. The van der Waals surface area contributed by atoms with Gasteiger partial charge in [-0.15, -0.1) is 0 Å². The summed E-state index contributed by atoms with van der Waals surface area (Å²) in [4.78, 5) is 34.8. The average molecular weight is 245 g/mol. The van der Waals surface area contributed by atoms with Crippen LogP contribution < -0.4 is 10.6 Å². The first-order valence-corrected chi connectivity index (χ1v) is 5.24. The molecule has 7 nitrogen and oxygen atoms in total. The van der Waals surface area contributed by atoms with E-state index >= 15 is 0 Å². The molecule has 0 aromatic heterocycles. The van der Waals surface area contributed by atoms with Gasteiger partial charge < -0.3 is 20.6 Å². The summed E-state index contributed by atoms with van der Waals surface area (Å²) in [7, 11) is 1.61. The smallest absolute Gasteiger partial charge is 0.328 e. The van der Waals surface area contributed by atoms with E-state index in [2.05, 4.69) is 10.6 Å². The normalized spacial score (nSPS) is 10.6. The molecule has 0 bridgehead atoms. The van der Waals surface area contributed by atoms with E-state index in [0.717, 1.165) is 0 Å². The van der Waals surface area contributed by atoms with Crippen molar-refractivity contribution in [1.29, 1.82) is 0 Å². The number of likely N-dealkylation sites (N-methyl/N-ethyl adjacent to an activating group) is 1. The lowest BCUT2D eigenvalue weighted by Crippen LogP contribution is -2.54. The van der Waals surface area contributed by atoms with Gasteiger partial charge in [-0.3, -0.25) is 4.79 Å². The lowest BCUT2D eigenvalue weighted by Gasteiger charge is -2.21. The molecule has 0 aliphatic heterocycles. The Hall–Kier alpha value is -1.79. The fraction of sp³-hybridized carbons (Fsp3) is 0.700. The molecule has 0 atom stereocenters. The molecule has 0 saturated heterocycles. The highest BCUT2D eigenvalue weighted by molar-refractivity contribution is 5.88. The van der Waals surface area contributed by atoms with Gasteiger partial charge in [0.2, 0.25) is 5.91 Å². The minimum atomic E-state index is -1.37. The van der Waals surface area contributed by atoms with Crippen molar-refractivity contribution in [3.63, 3.8) is 0 Å². The molecule has 3 amide bonds. The van der Waals surface area contributed by atoms with Crippen LogP contribution in [0, 0.1) is 0 Å². The van der Waals surface area contributed by atoms with Gasteiger partial charge in [0.05, 0.1) is 6.54 Å². The maximum absolute atomic E-state index is 11.3. The number of nitrogens with zero attached hydrogens (tertiary/aromatic N) is 1. The van der Waals surface area contributed by atoms with Crippen LogP contribution >= 0.6 is 0 Å². The van der Waals surface area contributed by atoms with E-state index in [1.54, 1.807) is 7.05 Å². The van der Waals surface area contributed by atoms with Crippen LogP contribution in [-0.4, -0.2) is 53.6 Å². The highest BCUT2D eigenvalue weighted by atomic mass is 16.4. The van der Waals surface area contributed by atoms with Crippen molar-refractivity contribution in [2.24, 2.45) is 0 Å². The minimum absolute atomic E-state index is 0.161. The molecule has 98 valence electrons. The zero-order valence-corrected chi connectivity index (χ0v) is 10.5. The summed E-state index contributed by atoms with van der Waals surface area (Å²) >= 11 is 0. The quantitative estimate of drug-likeness (QED) is 0.615. The molecule has 0 rings (SSSR count). The molecule has 0 fully saturated rings. The highest BCUT2D eigenvalue weighted by Crippen LogP contribution is 2.00. The number of carboxylic acid groups (broad SMARTS) is 1. The fourth-order valence-corrected chi connectivity index (χ4v) is 0.849. The second-order valence-corrected chi connectivity index (χ2v) is 4.15. The number of nitrogens with one attached hydrogen (secondary N) is 2. The van der Waals surface area contributed by atoms with Crippen molar-refractivity contribution in [3.05, 3.63) is 0 Å². The average Bonchev–Trinajstić information content (AvgIpc) is 2.23. The molecule has 0 aliphatic carbocycles. The van der Waals surface area contributed by atoms with E-state index in [9.17, 15) is 14.4 Å². The Labute approximate surface area is 100 Å². The van der Waals surface area contributed by atoms with Crippen LogP contribution in [0.3, 0.4) is 0 Å². The number of carboxylic acids is 1. The van der Waals surface area contributed by atoms with E-state index in [-0.39, 0.29) is 12.5 Å². The van der Waals surface area contributed by atoms with Gasteiger partial charge in [-0.05, 0) is 20.8 Å². The van der Waals surface area contributed by atoms with E-state index in [1.807, 2.05) is 6.92 Å². The molecular weight excluding hydrogens is 226 g/mol. The molecule has 0 radical (unpaired) electrons.